The van der Waals surface area contributed by atoms with Crippen molar-refractivity contribution in [2.45, 2.75) is 18.9 Å². The first kappa shape index (κ1) is 21.7. The molecular formula is C25H23N3O3. The predicted molar refractivity (Wildman–Crippen MR) is 118 cm³/mol. The number of aromatic nitrogens is 1. The zero-order valence-electron chi connectivity index (χ0n) is 17.1. The fourth-order valence-electron chi connectivity index (χ4n) is 3.41. The molecule has 3 aromatic rings. The second kappa shape index (κ2) is 10.7. The van der Waals surface area contributed by atoms with E-state index in [9.17, 15) is 15.0 Å². The number of carbonyl (C=O) groups excluding carboxylic acids is 2. The predicted octanol–water partition coefficient (Wildman–Crippen LogP) is 3.67. The Morgan fingerprint density at radius 3 is 2.13 bits per heavy atom. The van der Waals surface area contributed by atoms with Gasteiger partial charge in [-0.25, -0.2) is 4.79 Å². The Morgan fingerprint density at radius 2 is 1.55 bits per heavy atom. The molecule has 1 heterocycles. The van der Waals surface area contributed by atoms with Gasteiger partial charge in [0.25, 0.3) is 5.91 Å². The van der Waals surface area contributed by atoms with Crippen LogP contribution in [-0.4, -0.2) is 24.4 Å². The lowest BCUT2D eigenvalue weighted by atomic mass is 9.84. The summed E-state index contributed by atoms with van der Waals surface area (Å²) < 4.78 is 6.84. The summed E-state index contributed by atoms with van der Waals surface area (Å²) >= 11 is 0. The van der Waals surface area contributed by atoms with Crippen molar-refractivity contribution in [1.29, 1.82) is 0 Å². The fourth-order valence-corrected chi connectivity index (χ4v) is 3.41. The van der Waals surface area contributed by atoms with Crippen LogP contribution in [0.2, 0.25) is 0 Å². The first-order chi connectivity index (χ1) is 15.2. The molecule has 0 bridgehead atoms. The van der Waals surface area contributed by atoms with Crippen molar-refractivity contribution in [1.82, 2.24) is 0 Å². The third-order valence-corrected chi connectivity index (χ3v) is 4.77. The Bertz CT molecular complexity index is 1060. The Labute approximate surface area is 181 Å². The zero-order valence-corrected chi connectivity index (χ0v) is 17.1. The van der Waals surface area contributed by atoms with Gasteiger partial charge in [0, 0.05) is 17.8 Å². The van der Waals surface area contributed by atoms with Crippen LogP contribution in [-0.2, 0) is 14.3 Å². The molecule has 6 nitrogen and oxygen atoms in total. The smallest absolute Gasteiger partial charge is 0.340 e. The quantitative estimate of drug-likeness (QED) is 0.265. The first-order valence-electron chi connectivity index (χ1n) is 9.96. The molecule has 0 aliphatic rings. The van der Waals surface area contributed by atoms with Crippen molar-refractivity contribution < 1.29 is 18.9 Å². The molecule has 0 aliphatic carbocycles. The highest BCUT2D eigenvalue weighted by atomic mass is 16.5. The minimum Gasteiger partial charge on any atom is -0.763 e. The number of benzene rings is 2. The van der Waals surface area contributed by atoms with E-state index in [1.807, 2.05) is 48.3 Å². The van der Waals surface area contributed by atoms with Crippen molar-refractivity contribution in [3.05, 3.63) is 108 Å². The Kier molecular flexibility index (Phi) is 7.46. The number of ether oxygens (including phenoxy) is 1. The van der Waals surface area contributed by atoms with E-state index in [1.54, 1.807) is 60.3 Å². The van der Waals surface area contributed by atoms with E-state index >= 15 is 0 Å². The van der Waals surface area contributed by atoms with Crippen LogP contribution in [0.5, 0.6) is 0 Å². The molecule has 2 atom stereocenters. The molecular weight excluding hydrogens is 390 g/mol. The van der Waals surface area contributed by atoms with E-state index in [4.69, 9.17) is 4.74 Å². The lowest BCUT2D eigenvalue weighted by Gasteiger charge is -2.24. The van der Waals surface area contributed by atoms with Crippen LogP contribution < -0.4 is 9.88 Å². The maximum atomic E-state index is 13.5. The summed E-state index contributed by atoms with van der Waals surface area (Å²) in [6.45, 7) is 1.81. The highest BCUT2D eigenvalue weighted by Gasteiger charge is 2.42. The van der Waals surface area contributed by atoms with E-state index in [0.29, 0.717) is 11.3 Å². The molecule has 1 N–H and O–H groups in total. The van der Waals surface area contributed by atoms with Crippen molar-refractivity contribution in [2.24, 2.45) is 0 Å². The Balaban J connectivity index is 2.14. The Hall–Kier alpha value is -4.02. The molecule has 2 aromatic carbocycles. The molecule has 0 radical (unpaired) electrons. The van der Waals surface area contributed by atoms with Gasteiger partial charge in [0.2, 0.25) is 6.04 Å². The lowest BCUT2D eigenvalue weighted by Crippen LogP contribution is -2.49. The monoisotopic (exact) mass is 413 g/mol. The first-order valence-corrected chi connectivity index (χ1v) is 9.96. The maximum Gasteiger partial charge on any atom is 0.340 e. The van der Waals surface area contributed by atoms with Gasteiger partial charge < -0.3 is 15.5 Å². The molecule has 1 amide bonds. The molecule has 6 heteroatoms. The van der Waals surface area contributed by atoms with Crippen LogP contribution >= 0.6 is 0 Å². The number of esters is 1. The number of anilines is 1. The average molecular weight is 413 g/mol. The highest BCUT2D eigenvalue weighted by molar-refractivity contribution is 6.02. The summed E-state index contributed by atoms with van der Waals surface area (Å²) in [5.74, 6) is 0.0748. The standard InChI is InChI=1S/C25H23N3O3/c1-2-31-25(30)21(18-26)22(19-12-6-3-7-13-19)23(28-16-10-5-11-17-28)24(29)27-20-14-8-4-9-15-20/h3-17,22-23H,2H2,1H3,(H,27,29). The van der Waals surface area contributed by atoms with Gasteiger partial charge in [-0.3, -0.25) is 10.7 Å². The van der Waals surface area contributed by atoms with Crippen LogP contribution in [0.1, 0.15) is 24.4 Å². The van der Waals surface area contributed by atoms with Gasteiger partial charge in [0.1, 0.15) is 0 Å². The minimum atomic E-state index is -0.900. The van der Waals surface area contributed by atoms with E-state index in [1.165, 1.54) is 0 Å². The van der Waals surface area contributed by atoms with Gasteiger partial charge in [0.15, 0.2) is 12.4 Å². The second-order valence-corrected chi connectivity index (χ2v) is 6.76. The van der Waals surface area contributed by atoms with Gasteiger partial charge in [-0.1, -0.05) is 54.6 Å². The molecule has 0 aliphatic heterocycles. The van der Waals surface area contributed by atoms with Crippen molar-refractivity contribution >= 4 is 23.4 Å². The number of nitrogens with one attached hydrogen (secondary N) is 1. The summed E-state index contributed by atoms with van der Waals surface area (Å²) in [4.78, 5) is 26.2. The number of rotatable bonds is 8. The van der Waals surface area contributed by atoms with Gasteiger partial charge in [-0.05, 0) is 24.6 Å². The number of pyridine rings is 1. The van der Waals surface area contributed by atoms with E-state index < -0.39 is 17.9 Å². The number of para-hydroxylation sites is 1. The maximum absolute atomic E-state index is 13.5. The number of amides is 1. The summed E-state index contributed by atoms with van der Waals surface area (Å²) in [6.07, 6.45) is 3.48. The summed E-state index contributed by atoms with van der Waals surface area (Å²) in [5.41, 5.74) is 1.16. The SMILES string of the molecule is CCOC(=O)C(=C=[N-])C(c1ccccc1)C(C(=O)Nc1ccccc1)[n+]1ccccc1. The van der Waals surface area contributed by atoms with Crippen LogP contribution in [0, 0.1) is 0 Å². The van der Waals surface area contributed by atoms with E-state index in [0.717, 1.165) is 0 Å². The molecule has 1 aromatic heterocycles. The average Bonchev–Trinajstić information content (AvgIpc) is 2.81. The van der Waals surface area contributed by atoms with E-state index in [2.05, 4.69) is 5.32 Å². The van der Waals surface area contributed by atoms with Gasteiger partial charge in [-0.15, -0.1) is 0 Å². The summed E-state index contributed by atoms with van der Waals surface area (Å²) in [5, 5.41) is 12.8. The van der Waals surface area contributed by atoms with Crippen LogP contribution in [0.25, 0.3) is 5.41 Å². The third kappa shape index (κ3) is 5.32. The van der Waals surface area contributed by atoms with Gasteiger partial charge in [-0.2, -0.15) is 4.57 Å². The van der Waals surface area contributed by atoms with Crippen LogP contribution in [0.15, 0.2) is 96.8 Å². The molecule has 0 spiro atoms. The summed E-state index contributed by atoms with van der Waals surface area (Å²) in [7, 11) is 0. The number of hydrogen-bond acceptors (Lipinski definition) is 3. The van der Waals surface area contributed by atoms with Gasteiger partial charge in [0.05, 0.1) is 18.1 Å². The highest BCUT2D eigenvalue weighted by Crippen LogP contribution is 2.33. The van der Waals surface area contributed by atoms with Gasteiger partial charge >= 0.3 is 5.97 Å². The summed E-state index contributed by atoms with van der Waals surface area (Å²) in [6, 6.07) is 22.6. The number of carbonyl (C=O) groups is 2. The molecule has 0 fully saturated rings. The lowest BCUT2D eigenvalue weighted by molar-refractivity contribution is -0.710. The number of nitrogens with zero attached hydrogens (tertiary/aromatic N) is 2. The minimum absolute atomic E-state index is 0.127. The fraction of sp³-hybridized carbons (Fsp3) is 0.160. The zero-order chi connectivity index (χ0) is 22.1. The van der Waals surface area contributed by atoms with E-state index in [-0.39, 0.29) is 18.1 Å². The number of hydrogen-bond donors (Lipinski definition) is 1. The molecule has 0 saturated heterocycles. The Morgan fingerprint density at radius 1 is 0.968 bits per heavy atom. The normalized spacial score (nSPS) is 12.2. The largest absolute Gasteiger partial charge is 0.763 e. The molecule has 2 unspecified atom stereocenters. The molecule has 31 heavy (non-hydrogen) atoms. The van der Waals surface area contributed by atoms with Crippen molar-refractivity contribution in [2.75, 3.05) is 11.9 Å². The topological polar surface area (TPSA) is 81.6 Å². The molecule has 0 saturated carbocycles. The molecule has 156 valence electrons. The van der Waals surface area contributed by atoms with Crippen LogP contribution in [0.3, 0.4) is 0 Å². The van der Waals surface area contributed by atoms with Crippen LogP contribution in [0.4, 0.5) is 5.69 Å². The van der Waals surface area contributed by atoms with Crippen molar-refractivity contribution in [3.8, 4) is 0 Å². The third-order valence-electron chi connectivity index (χ3n) is 4.77. The second-order valence-electron chi connectivity index (χ2n) is 6.76. The molecule has 3 rings (SSSR count). The van der Waals surface area contributed by atoms with Crippen molar-refractivity contribution in [3.63, 3.8) is 0 Å².